The number of nitrogens with zero attached hydrogens (tertiary/aromatic N) is 3. The highest BCUT2D eigenvalue weighted by Crippen LogP contribution is 2.23. The lowest BCUT2D eigenvalue weighted by molar-refractivity contribution is -0.0740. The number of ether oxygens (including phenoxy) is 3. The Hall–Kier alpha value is -1.14. The van der Waals surface area contributed by atoms with E-state index in [4.69, 9.17) is 25.8 Å². The minimum atomic E-state index is -0.0376. The number of rotatable bonds is 4. The molecule has 2 unspecified atom stereocenters. The van der Waals surface area contributed by atoms with Crippen molar-refractivity contribution >= 4 is 11.6 Å². The van der Waals surface area contributed by atoms with Crippen molar-refractivity contribution in [2.45, 2.75) is 65.0 Å². The summed E-state index contributed by atoms with van der Waals surface area (Å²) in [5.41, 5.74) is 0. The van der Waals surface area contributed by atoms with Gasteiger partial charge >= 0.3 is 12.0 Å². The highest BCUT2D eigenvalue weighted by molar-refractivity contribution is 6.28. The van der Waals surface area contributed by atoms with Crippen LogP contribution in [0.5, 0.6) is 12.0 Å². The Balaban J connectivity index is 2.06. The molecule has 2 atom stereocenters. The van der Waals surface area contributed by atoms with Crippen molar-refractivity contribution in [3.8, 4) is 12.0 Å². The van der Waals surface area contributed by atoms with Gasteiger partial charge in [-0.15, -0.1) is 4.98 Å². The van der Waals surface area contributed by atoms with Gasteiger partial charge in [0.2, 0.25) is 5.28 Å². The Kier molecular flexibility index (Phi) is 4.99. The van der Waals surface area contributed by atoms with Crippen LogP contribution in [0.2, 0.25) is 5.28 Å². The lowest BCUT2D eigenvalue weighted by Crippen LogP contribution is -2.36. The van der Waals surface area contributed by atoms with Crippen LogP contribution in [0.25, 0.3) is 0 Å². The van der Waals surface area contributed by atoms with Gasteiger partial charge in [-0.2, -0.15) is 9.97 Å². The lowest BCUT2D eigenvalue weighted by Gasteiger charge is -2.31. The molecule has 0 radical (unpaired) electrons. The van der Waals surface area contributed by atoms with Crippen LogP contribution >= 0.6 is 11.6 Å². The molecule has 0 bridgehead atoms. The molecule has 0 amide bonds. The SMILES string of the molecule is CC(C)Oc1nc(Cl)nc(OC2CC(C)OC(C)C2)n1. The van der Waals surface area contributed by atoms with Crippen molar-refractivity contribution in [1.82, 2.24) is 15.0 Å². The average Bonchev–Trinajstić information content (AvgIpc) is 2.24. The van der Waals surface area contributed by atoms with Gasteiger partial charge in [0.05, 0.1) is 18.3 Å². The van der Waals surface area contributed by atoms with Crippen LogP contribution in [-0.4, -0.2) is 39.4 Å². The first kappa shape index (κ1) is 15.3. The molecule has 1 aromatic heterocycles. The topological polar surface area (TPSA) is 66.4 Å². The molecule has 1 aliphatic rings. The van der Waals surface area contributed by atoms with Gasteiger partial charge in [-0.1, -0.05) is 0 Å². The molecule has 1 saturated heterocycles. The van der Waals surface area contributed by atoms with Gasteiger partial charge in [0.1, 0.15) is 6.10 Å². The normalized spacial score (nSPS) is 26.6. The van der Waals surface area contributed by atoms with Crippen molar-refractivity contribution < 1.29 is 14.2 Å². The van der Waals surface area contributed by atoms with Gasteiger partial charge in [0.15, 0.2) is 0 Å². The third-order valence-corrected chi connectivity index (χ3v) is 3.00. The van der Waals surface area contributed by atoms with Crippen molar-refractivity contribution in [2.75, 3.05) is 0 Å². The van der Waals surface area contributed by atoms with E-state index in [1.165, 1.54) is 0 Å². The van der Waals surface area contributed by atoms with Crippen LogP contribution in [-0.2, 0) is 4.74 Å². The zero-order valence-corrected chi connectivity index (χ0v) is 12.9. The number of hydrogen-bond acceptors (Lipinski definition) is 6. The third kappa shape index (κ3) is 4.45. The predicted octanol–water partition coefficient (Wildman–Crippen LogP) is 2.65. The highest BCUT2D eigenvalue weighted by Gasteiger charge is 2.26. The highest BCUT2D eigenvalue weighted by atomic mass is 35.5. The molecule has 0 spiro atoms. The minimum Gasteiger partial charge on any atom is -0.461 e. The summed E-state index contributed by atoms with van der Waals surface area (Å²) in [5.74, 6) is 0. The predicted molar refractivity (Wildman–Crippen MR) is 74.3 cm³/mol. The summed E-state index contributed by atoms with van der Waals surface area (Å²) in [7, 11) is 0. The largest absolute Gasteiger partial charge is 0.461 e. The second-order valence-corrected chi connectivity index (χ2v) is 5.64. The molecule has 1 aliphatic heterocycles. The molecule has 2 rings (SSSR count). The van der Waals surface area contributed by atoms with E-state index in [1.54, 1.807) is 0 Å². The van der Waals surface area contributed by atoms with E-state index >= 15 is 0 Å². The molecule has 7 heteroatoms. The van der Waals surface area contributed by atoms with Gasteiger partial charge in [-0.25, -0.2) is 0 Å². The van der Waals surface area contributed by atoms with Gasteiger partial charge in [-0.05, 0) is 39.3 Å². The number of halogens is 1. The van der Waals surface area contributed by atoms with E-state index in [0.29, 0.717) is 0 Å². The van der Waals surface area contributed by atoms with Crippen LogP contribution in [0.1, 0.15) is 40.5 Å². The quantitative estimate of drug-likeness (QED) is 0.852. The zero-order chi connectivity index (χ0) is 14.7. The zero-order valence-electron chi connectivity index (χ0n) is 12.2. The first-order valence-corrected chi connectivity index (χ1v) is 7.20. The Bertz CT molecular complexity index is 448. The second kappa shape index (κ2) is 6.54. The molecular weight excluding hydrogens is 282 g/mol. The minimum absolute atomic E-state index is 0.0131. The summed E-state index contributed by atoms with van der Waals surface area (Å²) in [5, 5.41) is 0.0683. The molecule has 1 aromatic rings. The molecule has 6 nitrogen and oxygen atoms in total. The van der Waals surface area contributed by atoms with Crippen molar-refractivity contribution in [3.63, 3.8) is 0 Å². The van der Waals surface area contributed by atoms with E-state index in [-0.39, 0.29) is 41.7 Å². The molecule has 0 aliphatic carbocycles. The Morgan fingerprint density at radius 3 is 2.30 bits per heavy atom. The van der Waals surface area contributed by atoms with Gasteiger partial charge < -0.3 is 14.2 Å². The summed E-state index contributed by atoms with van der Waals surface area (Å²) >= 11 is 5.86. The molecular formula is C13H20ClN3O3. The molecule has 0 N–H and O–H groups in total. The van der Waals surface area contributed by atoms with Crippen LogP contribution in [0.4, 0.5) is 0 Å². The molecule has 112 valence electrons. The fourth-order valence-corrected chi connectivity index (χ4v) is 2.37. The maximum absolute atomic E-state index is 5.86. The van der Waals surface area contributed by atoms with Gasteiger partial charge in [0.25, 0.3) is 0 Å². The van der Waals surface area contributed by atoms with E-state index in [2.05, 4.69) is 15.0 Å². The summed E-state index contributed by atoms with van der Waals surface area (Å²) in [4.78, 5) is 12.0. The van der Waals surface area contributed by atoms with E-state index in [1.807, 2.05) is 27.7 Å². The standard InChI is InChI=1S/C13H20ClN3O3/c1-7(2)18-12-15-11(14)16-13(17-12)20-10-5-8(3)19-9(4)6-10/h7-10H,5-6H2,1-4H3. The summed E-state index contributed by atoms with van der Waals surface area (Å²) in [6, 6.07) is 0.384. The number of aromatic nitrogens is 3. The van der Waals surface area contributed by atoms with Gasteiger partial charge in [0, 0.05) is 12.8 Å². The van der Waals surface area contributed by atoms with Crippen LogP contribution < -0.4 is 9.47 Å². The van der Waals surface area contributed by atoms with Crippen molar-refractivity contribution in [3.05, 3.63) is 5.28 Å². The Labute approximate surface area is 123 Å². The summed E-state index contributed by atoms with van der Waals surface area (Å²) in [6.45, 7) is 7.83. The van der Waals surface area contributed by atoms with Gasteiger partial charge in [-0.3, -0.25) is 0 Å². The third-order valence-electron chi connectivity index (χ3n) is 2.83. The monoisotopic (exact) mass is 301 g/mol. The molecule has 20 heavy (non-hydrogen) atoms. The second-order valence-electron chi connectivity index (χ2n) is 5.30. The average molecular weight is 302 g/mol. The first-order chi connectivity index (χ1) is 9.42. The maximum Gasteiger partial charge on any atom is 0.324 e. The number of hydrogen-bond donors (Lipinski definition) is 0. The summed E-state index contributed by atoms with van der Waals surface area (Å²) in [6.07, 6.45) is 1.89. The van der Waals surface area contributed by atoms with E-state index < -0.39 is 0 Å². The van der Waals surface area contributed by atoms with E-state index in [9.17, 15) is 0 Å². The summed E-state index contributed by atoms with van der Waals surface area (Å²) < 4.78 is 16.9. The lowest BCUT2D eigenvalue weighted by atomic mass is 10.0. The Morgan fingerprint density at radius 1 is 1.10 bits per heavy atom. The maximum atomic E-state index is 5.86. The van der Waals surface area contributed by atoms with Crippen LogP contribution in [0.3, 0.4) is 0 Å². The van der Waals surface area contributed by atoms with Crippen LogP contribution in [0, 0.1) is 0 Å². The van der Waals surface area contributed by atoms with Crippen molar-refractivity contribution in [2.24, 2.45) is 0 Å². The Morgan fingerprint density at radius 2 is 1.70 bits per heavy atom. The van der Waals surface area contributed by atoms with Crippen LogP contribution in [0.15, 0.2) is 0 Å². The smallest absolute Gasteiger partial charge is 0.324 e. The molecule has 0 saturated carbocycles. The van der Waals surface area contributed by atoms with Crippen molar-refractivity contribution in [1.29, 1.82) is 0 Å². The molecule has 1 fully saturated rings. The van der Waals surface area contributed by atoms with E-state index in [0.717, 1.165) is 12.8 Å². The molecule has 2 heterocycles. The molecule has 0 aromatic carbocycles. The first-order valence-electron chi connectivity index (χ1n) is 6.82. The fraction of sp³-hybridized carbons (Fsp3) is 0.769. The fourth-order valence-electron chi connectivity index (χ4n) is 2.22.